The van der Waals surface area contributed by atoms with Crippen molar-refractivity contribution in [1.82, 2.24) is 10.3 Å². The Kier molecular flexibility index (Phi) is 4.14. The molecule has 0 bridgehead atoms. The Morgan fingerprint density at radius 1 is 1.16 bits per heavy atom. The number of hydrogen-bond donors (Lipinski definition) is 2. The van der Waals surface area contributed by atoms with E-state index in [2.05, 4.69) is 10.3 Å². The van der Waals surface area contributed by atoms with Crippen molar-refractivity contribution in [3.05, 3.63) is 75.2 Å². The third kappa shape index (κ3) is 2.91. The number of carbonyl (C=O) groups is 1. The number of fused-ring (bicyclic) bond motifs is 1. The lowest BCUT2D eigenvalue weighted by atomic mass is 10.1. The number of amides is 1. The van der Waals surface area contributed by atoms with Crippen LogP contribution in [-0.4, -0.2) is 15.8 Å². The lowest BCUT2D eigenvalue weighted by molar-refractivity contribution is -0.387. The van der Waals surface area contributed by atoms with E-state index in [1.807, 2.05) is 12.1 Å². The van der Waals surface area contributed by atoms with Crippen LogP contribution >= 0.6 is 0 Å². The van der Waals surface area contributed by atoms with Crippen LogP contribution in [0.5, 0.6) is 0 Å². The van der Waals surface area contributed by atoms with Crippen molar-refractivity contribution in [2.45, 2.75) is 6.54 Å². The molecule has 0 unspecified atom stereocenters. The van der Waals surface area contributed by atoms with Gasteiger partial charge >= 0.3 is 5.69 Å². The summed E-state index contributed by atoms with van der Waals surface area (Å²) in [5, 5.41) is 13.8. The van der Waals surface area contributed by atoms with Crippen molar-refractivity contribution in [2.24, 2.45) is 0 Å². The smallest absolute Gasteiger partial charge is 0.308 e. The number of hydrogen-bond acceptors (Lipinski definition) is 3. The minimum atomic E-state index is -2.06. The molecule has 1 aromatic heterocycles. The van der Waals surface area contributed by atoms with Crippen molar-refractivity contribution < 1.29 is 22.9 Å². The van der Waals surface area contributed by atoms with Crippen molar-refractivity contribution in [1.29, 1.82) is 0 Å². The van der Waals surface area contributed by atoms with Gasteiger partial charge in [-0.25, -0.2) is 8.78 Å². The summed E-state index contributed by atoms with van der Waals surface area (Å²) in [5.41, 5.74) is -0.746. The summed E-state index contributed by atoms with van der Waals surface area (Å²) in [5.74, 6) is -6.88. The van der Waals surface area contributed by atoms with Crippen LogP contribution in [0.1, 0.15) is 15.9 Å². The molecule has 0 aliphatic rings. The summed E-state index contributed by atoms with van der Waals surface area (Å²) in [6.45, 7) is -0.0327. The molecule has 2 N–H and O–H groups in total. The fourth-order valence-electron chi connectivity index (χ4n) is 2.44. The molecule has 0 aliphatic heterocycles. The third-order valence-corrected chi connectivity index (χ3v) is 3.68. The first-order chi connectivity index (χ1) is 11.9. The van der Waals surface area contributed by atoms with Crippen molar-refractivity contribution in [2.75, 3.05) is 0 Å². The van der Waals surface area contributed by atoms with Gasteiger partial charge in [0.15, 0.2) is 5.82 Å². The molecular weight excluding hydrogens is 339 g/mol. The zero-order valence-electron chi connectivity index (χ0n) is 12.5. The van der Waals surface area contributed by atoms with Crippen molar-refractivity contribution in [3.63, 3.8) is 0 Å². The van der Waals surface area contributed by atoms with E-state index in [1.165, 1.54) is 0 Å². The Morgan fingerprint density at radius 3 is 2.60 bits per heavy atom. The molecule has 0 atom stereocenters. The predicted molar refractivity (Wildman–Crippen MR) is 82.4 cm³/mol. The molecule has 25 heavy (non-hydrogen) atoms. The molecule has 0 saturated heterocycles. The summed E-state index contributed by atoms with van der Waals surface area (Å²) in [4.78, 5) is 24.5. The highest BCUT2D eigenvalue weighted by Gasteiger charge is 2.28. The average Bonchev–Trinajstić information content (AvgIpc) is 3.00. The molecule has 9 heteroatoms. The summed E-state index contributed by atoms with van der Waals surface area (Å²) < 4.78 is 40.6. The van der Waals surface area contributed by atoms with E-state index < -0.39 is 39.5 Å². The van der Waals surface area contributed by atoms with Crippen molar-refractivity contribution in [3.8, 4) is 0 Å². The van der Waals surface area contributed by atoms with Gasteiger partial charge in [0, 0.05) is 29.7 Å². The van der Waals surface area contributed by atoms with Crippen LogP contribution in [-0.2, 0) is 6.54 Å². The van der Waals surface area contributed by atoms with E-state index in [-0.39, 0.29) is 6.54 Å². The van der Waals surface area contributed by atoms with Crippen molar-refractivity contribution >= 4 is 22.5 Å². The number of H-pyrrole nitrogens is 1. The molecule has 128 valence electrons. The van der Waals surface area contributed by atoms with Gasteiger partial charge in [-0.2, -0.15) is 4.39 Å². The first kappa shape index (κ1) is 16.5. The van der Waals surface area contributed by atoms with Crippen LogP contribution in [0.25, 0.3) is 10.9 Å². The van der Waals surface area contributed by atoms with Crippen LogP contribution in [0.15, 0.2) is 36.5 Å². The van der Waals surface area contributed by atoms with Gasteiger partial charge in [0.05, 0.1) is 10.5 Å². The van der Waals surface area contributed by atoms with Gasteiger partial charge in [0.25, 0.3) is 5.91 Å². The molecule has 0 fully saturated rings. The number of nitrogens with one attached hydrogen (secondary N) is 2. The number of halogens is 3. The monoisotopic (exact) mass is 349 g/mol. The second kappa shape index (κ2) is 6.27. The maximum Gasteiger partial charge on any atom is 0.308 e. The SMILES string of the molecule is O=C(NCc1c[nH]c2ccccc12)c1cc([N+](=O)[O-])c(F)c(F)c1F. The molecule has 1 amide bonds. The third-order valence-electron chi connectivity index (χ3n) is 3.68. The van der Waals surface area contributed by atoms with E-state index in [0.717, 1.165) is 10.9 Å². The first-order valence-corrected chi connectivity index (χ1v) is 7.05. The standard InChI is InChI=1S/C16H10F3N3O3/c17-13-10(5-12(22(24)25)14(18)15(13)19)16(23)21-7-8-6-20-11-4-2-1-3-9(8)11/h1-6,20H,7H2,(H,21,23). The van der Waals surface area contributed by atoms with E-state index in [0.29, 0.717) is 11.6 Å². The van der Waals surface area contributed by atoms with E-state index in [4.69, 9.17) is 0 Å². The second-order valence-electron chi connectivity index (χ2n) is 5.18. The lowest BCUT2D eigenvalue weighted by Gasteiger charge is -2.07. The Labute approximate surface area is 138 Å². The molecule has 0 spiro atoms. The highest BCUT2D eigenvalue weighted by atomic mass is 19.2. The fourth-order valence-corrected chi connectivity index (χ4v) is 2.44. The summed E-state index contributed by atoms with van der Waals surface area (Å²) in [6.07, 6.45) is 1.63. The first-order valence-electron chi connectivity index (χ1n) is 7.05. The van der Waals surface area contributed by atoms with E-state index in [1.54, 1.807) is 18.3 Å². The number of aromatic amines is 1. The molecular formula is C16H10F3N3O3. The Morgan fingerprint density at radius 2 is 1.88 bits per heavy atom. The van der Waals surface area contributed by atoms with E-state index >= 15 is 0 Å². The number of nitrogens with zero attached hydrogens (tertiary/aromatic N) is 1. The zero-order chi connectivity index (χ0) is 18.1. The number of nitro groups is 1. The fraction of sp³-hybridized carbons (Fsp3) is 0.0625. The summed E-state index contributed by atoms with van der Waals surface area (Å²) in [7, 11) is 0. The average molecular weight is 349 g/mol. The Bertz CT molecular complexity index is 1000. The topological polar surface area (TPSA) is 88.0 Å². The molecule has 3 aromatic rings. The van der Waals surface area contributed by atoms with Gasteiger partial charge in [0.2, 0.25) is 11.6 Å². The Balaban J connectivity index is 1.87. The van der Waals surface area contributed by atoms with Gasteiger partial charge in [-0.15, -0.1) is 0 Å². The van der Waals surface area contributed by atoms with Gasteiger partial charge in [0.1, 0.15) is 0 Å². The minimum Gasteiger partial charge on any atom is -0.361 e. The van der Waals surface area contributed by atoms with Crippen LogP contribution in [0.3, 0.4) is 0 Å². The predicted octanol–water partition coefficient (Wildman–Crippen LogP) is 3.42. The summed E-state index contributed by atoms with van der Waals surface area (Å²) >= 11 is 0. The molecule has 6 nitrogen and oxygen atoms in total. The van der Waals surface area contributed by atoms with Crippen LogP contribution in [0.4, 0.5) is 18.9 Å². The number of carbonyl (C=O) groups excluding carboxylic acids is 1. The van der Waals surface area contributed by atoms with Gasteiger partial charge in [-0.1, -0.05) is 18.2 Å². The molecule has 2 aromatic carbocycles. The molecule has 3 rings (SSSR count). The largest absolute Gasteiger partial charge is 0.361 e. The maximum atomic E-state index is 13.8. The number of aromatic nitrogens is 1. The highest BCUT2D eigenvalue weighted by molar-refractivity contribution is 5.95. The summed E-state index contributed by atoms with van der Waals surface area (Å²) in [6, 6.07) is 7.60. The number of nitro benzene ring substituents is 1. The van der Waals surface area contributed by atoms with Gasteiger partial charge in [-0.3, -0.25) is 14.9 Å². The lowest BCUT2D eigenvalue weighted by Crippen LogP contribution is -2.24. The highest BCUT2D eigenvalue weighted by Crippen LogP contribution is 2.25. The number of rotatable bonds is 4. The van der Waals surface area contributed by atoms with Gasteiger partial charge in [-0.05, 0) is 11.6 Å². The zero-order valence-corrected chi connectivity index (χ0v) is 12.5. The quantitative estimate of drug-likeness (QED) is 0.430. The van der Waals surface area contributed by atoms with E-state index in [9.17, 15) is 28.1 Å². The minimum absolute atomic E-state index is 0.0327. The normalized spacial score (nSPS) is 10.8. The van der Waals surface area contributed by atoms with Crippen LogP contribution in [0.2, 0.25) is 0 Å². The molecule has 1 heterocycles. The number of para-hydroxylation sites is 1. The molecule has 0 aliphatic carbocycles. The van der Waals surface area contributed by atoms with Gasteiger partial charge < -0.3 is 10.3 Å². The Hall–Kier alpha value is -3.36. The van der Waals surface area contributed by atoms with Crippen LogP contribution < -0.4 is 5.32 Å². The second-order valence-corrected chi connectivity index (χ2v) is 5.18. The molecule has 0 saturated carbocycles. The number of benzene rings is 2. The maximum absolute atomic E-state index is 13.8. The van der Waals surface area contributed by atoms with Crippen LogP contribution in [0, 0.1) is 27.6 Å². The molecule has 0 radical (unpaired) electrons.